The first-order chi connectivity index (χ1) is 4.76. The molecule has 0 aromatic carbocycles. The highest BCUT2D eigenvalue weighted by Crippen LogP contribution is 2.02. The minimum Gasteiger partial charge on any atom is -0.395 e. The molecule has 0 rings (SSSR count). The van der Waals surface area contributed by atoms with Crippen LogP contribution < -0.4 is 5.84 Å². The monoisotopic (exact) mass is 146 g/mol. The van der Waals surface area contributed by atoms with Gasteiger partial charge in [-0.2, -0.15) is 0 Å². The summed E-state index contributed by atoms with van der Waals surface area (Å²) in [6.07, 6.45) is 2.10. The van der Waals surface area contributed by atoms with Gasteiger partial charge < -0.3 is 5.11 Å². The number of hydrogen-bond donors (Lipinski definition) is 2. The lowest BCUT2D eigenvalue weighted by Gasteiger charge is -2.24. The molecule has 0 aromatic heterocycles. The summed E-state index contributed by atoms with van der Waals surface area (Å²) in [6.45, 7) is 4.93. The number of aliphatic hydroxyl groups is 1. The van der Waals surface area contributed by atoms with Crippen molar-refractivity contribution in [1.29, 1.82) is 0 Å². The predicted molar refractivity (Wildman–Crippen MR) is 42.3 cm³/mol. The van der Waals surface area contributed by atoms with E-state index < -0.39 is 0 Å². The van der Waals surface area contributed by atoms with E-state index in [0.29, 0.717) is 12.6 Å². The fourth-order valence-corrected chi connectivity index (χ4v) is 1.06. The van der Waals surface area contributed by atoms with Gasteiger partial charge in [0.05, 0.1) is 6.61 Å². The van der Waals surface area contributed by atoms with Crippen LogP contribution in [-0.2, 0) is 0 Å². The van der Waals surface area contributed by atoms with E-state index in [1.165, 1.54) is 0 Å². The minimum absolute atomic E-state index is 0.146. The van der Waals surface area contributed by atoms with Crippen LogP contribution in [0.5, 0.6) is 0 Å². The van der Waals surface area contributed by atoms with Crippen molar-refractivity contribution in [3.8, 4) is 0 Å². The number of rotatable bonds is 5. The average molecular weight is 146 g/mol. The van der Waals surface area contributed by atoms with Gasteiger partial charge in [-0.3, -0.25) is 5.84 Å². The highest BCUT2D eigenvalue weighted by Gasteiger charge is 2.08. The Morgan fingerprint density at radius 3 is 2.20 bits per heavy atom. The summed E-state index contributed by atoms with van der Waals surface area (Å²) in [5.41, 5.74) is 0. The number of hydrogen-bond acceptors (Lipinski definition) is 3. The molecule has 0 heterocycles. The van der Waals surface area contributed by atoms with Gasteiger partial charge in [0.15, 0.2) is 0 Å². The second kappa shape index (κ2) is 5.65. The summed E-state index contributed by atoms with van der Waals surface area (Å²) in [4.78, 5) is 0. The van der Waals surface area contributed by atoms with Gasteiger partial charge >= 0.3 is 0 Å². The van der Waals surface area contributed by atoms with Crippen LogP contribution in [0, 0.1) is 0 Å². The first-order valence-corrected chi connectivity index (χ1v) is 3.88. The Bertz CT molecular complexity index is 74.0. The van der Waals surface area contributed by atoms with Crippen LogP contribution in [0.25, 0.3) is 0 Å². The van der Waals surface area contributed by atoms with Crippen molar-refractivity contribution in [2.45, 2.75) is 32.7 Å². The lowest BCUT2D eigenvalue weighted by Crippen LogP contribution is -2.42. The SMILES string of the molecule is CCC(CC)N(N)CCO. The van der Waals surface area contributed by atoms with Crippen molar-refractivity contribution in [3.05, 3.63) is 0 Å². The van der Waals surface area contributed by atoms with Crippen molar-refractivity contribution >= 4 is 0 Å². The third-order valence-electron chi connectivity index (χ3n) is 1.77. The summed E-state index contributed by atoms with van der Waals surface area (Å²) in [7, 11) is 0. The molecule has 0 saturated heterocycles. The fourth-order valence-electron chi connectivity index (χ4n) is 1.06. The summed E-state index contributed by atoms with van der Waals surface area (Å²) < 4.78 is 0. The molecule has 62 valence electrons. The van der Waals surface area contributed by atoms with E-state index in [4.69, 9.17) is 10.9 Å². The van der Waals surface area contributed by atoms with Gasteiger partial charge in [0.2, 0.25) is 0 Å². The maximum atomic E-state index is 8.55. The van der Waals surface area contributed by atoms with E-state index in [1.807, 2.05) is 0 Å². The number of nitrogens with two attached hydrogens (primary N) is 1. The van der Waals surface area contributed by atoms with Crippen LogP contribution in [-0.4, -0.2) is 29.3 Å². The van der Waals surface area contributed by atoms with Crippen molar-refractivity contribution in [3.63, 3.8) is 0 Å². The zero-order valence-corrected chi connectivity index (χ0v) is 6.88. The van der Waals surface area contributed by atoms with Gasteiger partial charge in [0, 0.05) is 12.6 Å². The van der Waals surface area contributed by atoms with Gasteiger partial charge in [0.25, 0.3) is 0 Å². The molecule has 0 unspecified atom stereocenters. The Morgan fingerprint density at radius 1 is 1.40 bits per heavy atom. The Balaban J connectivity index is 3.53. The van der Waals surface area contributed by atoms with E-state index in [1.54, 1.807) is 5.01 Å². The van der Waals surface area contributed by atoms with Crippen molar-refractivity contribution in [2.75, 3.05) is 13.2 Å². The van der Waals surface area contributed by atoms with E-state index in [2.05, 4.69) is 13.8 Å². The van der Waals surface area contributed by atoms with E-state index in [9.17, 15) is 0 Å². The molecule has 10 heavy (non-hydrogen) atoms. The standard InChI is InChI=1S/C7H18N2O/c1-3-7(4-2)9(8)5-6-10/h7,10H,3-6,8H2,1-2H3. The molecular formula is C7H18N2O. The third-order valence-corrected chi connectivity index (χ3v) is 1.77. The molecule has 0 bridgehead atoms. The summed E-state index contributed by atoms with van der Waals surface area (Å²) in [6, 6.07) is 0.423. The molecule has 0 amide bonds. The van der Waals surface area contributed by atoms with Crippen LogP contribution in [0.1, 0.15) is 26.7 Å². The zero-order valence-electron chi connectivity index (χ0n) is 6.88. The topological polar surface area (TPSA) is 49.5 Å². The number of aliphatic hydroxyl groups excluding tert-OH is 1. The quantitative estimate of drug-likeness (QED) is 0.434. The molecule has 0 saturated carbocycles. The summed E-state index contributed by atoms with van der Waals surface area (Å²) in [5.74, 6) is 5.62. The molecule has 0 aliphatic rings. The van der Waals surface area contributed by atoms with Gasteiger partial charge in [-0.1, -0.05) is 13.8 Å². The van der Waals surface area contributed by atoms with Gasteiger partial charge in [-0.25, -0.2) is 5.01 Å². The highest BCUT2D eigenvalue weighted by molar-refractivity contribution is 4.61. The Hall–Kier alpha value is -0.120. The van der Waals surface area contributed by atoms with Crippen LogP contribution in [0.4, 0.5) is 0 Å². The molecule has 0 aromatic rings. The molecule has 0 fully saturated rings. The first-order valence-electron chi connectivity index (χ1n) is 3.88. The van der Waals surface area contributed by atoms with Crippen molar-refractivity contribution in [1.82, 2.24) is 5.01 Å². The van der Waals surface area contributed by atoms with Crippen molar-refractivity contribution < 1.29 is 5.11 Å². The molecule has 3 heteroatoms. The van der Waals surface area contributed by atoms with Crippen LogP contribution in [0.3, 0.4) is 0 Å². The van der Waals surface area contributed by atoms with Gasteiger partial charge in [0.1, 0.15) is 0 Å². The fraction of sp³-hybridized carbons (Fsp3) is 1.00. The molecule has 0 aliphatic heterocycles. The second-order valence-corrected chi connectivity index (χ2v) is 2.43. The Kier molecular flexibility index (Phi) is 5.58. The van der Waals surface area contributed by atoms with Crippen molar-refractivity contribution in [2.24, 2.45) is 5.84 Å². The normalized spacial score (nSPS) is 11.4. The third kappa shape index (κ3) is 3.15. The Morgan fingerprint density at radius 2 is 1.90 bits per heavy atom. The largest absolute Gasteiger partial charge is 0.395 e. The highest BCUT2D eigenvalue weighted by atomic mass is 16.3. The van der Waals surface area contributed by atoms with Gasteiger partial charge in [-0.05, 0) is 12.8 Å². The van der Waals surface area contributed by atoms with E-state index in [-0.39, 0.29) is 6.61 Å². The van der Waals surface area contributed by atoms with Crippen LogP contribution >= 0.6 is 0 Å². The maximum absolute atomic E-state index is 8.55. The molecule has 3 nitrogen and oxygen atoms in total. The van der Waals surface area contributed by atoms with E-state index in [0.717, 1.165) is 12.8 Å². The first kappa shape index (κ1) is 9.88. The molecule has 0 radical (unpaired) electrons. The molecule has 0 aliphatic carbocycles. The Labute approximate surface area is 62.8 Å². The molecular weight excluding hydrogens is 128 g/mol. The summed E-state index contributed by atoms with van der Waals surface area (Å²) >= 11 is 0. The van der Waals surface area contributed by atoms with E-state index >= 15 is 0 Å². The van der Waals surface area contributed by atoms with Gasteiger partial charge in [-0.15, -0.1) is 0 Å². The zero-order chi connectivity index (χ0) is 7.98. The number of hydrazine groups is 1. The molecule has 0 atom stereocenters. The van der Waals surface area contributed by atoms with Crippen LogP contribution in [0.2, 0.25) is 0 Å². The molecule has 0 spiro atoms. The summed E-state index contributed by atoms with van der Waals surface area (Å²) in [5, 5.41) is 10.3. The number of nitrogens with zero attached hydrogens (tertiary/aromatic N) is 1. The average Bonchev–Trinajstić information content (AvgIpc) is 1.91. The van der Waals surface area contributed by atoms with Crippen LogP contribution in [0.15, 0.2) is 0 Å². The maximum Gasteiger partial charge on any atom is 0.0572 e. The predicted octanol–water partition coefficient (Wildman–Crippen LogP) is 0.343. The minimum atomic E-state index is 0.146. The smallest absolute Gasteiger partial charge is 0.0572 e. The molecule has 3 N–H and O–H groups in total. The lowest BCUT2D eigenvalue weighted by atomic mass is 10.1. The second-order valence-electron chi connectivity index (χ2n) is 2.43. The lowest BCUT2D eigenvalue weighted by molar-refractivity contribution is 0.145.